The number of rotatable bonds is 6. The van der Waals surface area contributed by atoms with E-state index >= 15 is 0 Å². The molecule has 90 valence electrons. The highest BCUT2D eigenvalue weighted by atomic mass is 15.1. The van der Waals surface area contributed by atoms with E-state index in [-0.39, 0.29) is 0 Å². The summed E-state index contributed by atoms with van der Waals surface area (Å²) in [6.45, 7) is 9.82. The van der Waals surface area contributed by atoms with Gasteiger partial charge < -0.3 is 10.2 Å². The Hall–Kier alpha value is -0.0800. The maximum atomic E-state index is 3.22. The summed E-state index contributed by atoms with van der Waals surface area (Å²) < 4.78 is 0. The fourth-order valence-electron chi connectivity index (χ4n) is 2.69. The third kappa shape index (κ3) is 5.53. The lowest BCUT2D eigenvalue weighted by Gasteiger charge is -2.33. The van der Waals surface area contributed by atoms with Gasteiger partial charge in [0.25, 0.3) is 0 Å². The number of likely N-dealkylation sites (tertiary alicyclic amines) is 1. The van der Waals surface area contributed by atoms with Crippen LogP contribution < -0.4 is 5.32 Å². The zero-order chi connectivity index (χ0) is 11.1. The van der Waals surface area contributed by atoms with E-state index in [1.54, 1.807) is 0 Å². The van der Waals surface area contributed by atoms with Crippen molar-refractivity contribution >= 4 is 0 Å². The van der Waals surface area contributed by atoms with Crippen LogP contribution in [0.2, 0.25) is 0 Å². The highest BCUT2D eigenvalue weighted by Gasteiger charge is 2.19. The molecule has 1 heterocycles. The van der Waals surface area contributed by atoms with Crippen LogP contribution >= 0.6 is 0 Å². The first-order valence-electron chi connectivity index (χ1n) is 6.59. The van der Waals surface area contributed by atoms with Gasteiger partial charge in [-0.1, -0.05) is 13.8 Å². The van der Waals surface area contributed by atoms with Gasteiger partial charge in [0, 0.05) is 6.54 Å². The third-order valence-corrected chi connectivity index (χ3v) is 3.31. The van der Waals surface area contributed by atoms with Crippen molar-refractivity contribution in [3.05, 3.63) is 0 Å². The average molecular weight is 212 g/mol. The normalized spacial score (nSPS) is 23.6. The first-order chi connectivity index (χ1) is 7.22. The molecule has 0 aliphatic carbocycles. The minimum atomic E-state index is 0.868. The Morgan fingerprint density at radius 2 is 2.20 bits per heavy atom. The van der Waals surface area contributed by atoms with Crippen molar-refractivity contribution in [2.45, 2.75) is 39.5 Å². The van der Waals surface area contributed by atoms with E-state index in [0.717, 1.165) is 18.4 Å². The molecule has 2 heteroatoms. The molecule has 0 spiro atoms. The molecule has 1 unspecified atom stereocenters. The standard InChI is InChI=1S/C13H28N2/c1-12(2)10-13-6-4-8-15(11-13)9-5-7-14-3/h12-14H,4-11H2,1-3H3. The lowest BCUT2D eigenvalue weighted by Crippen LogP contribution is -2.37. The molecule has 0 amide bonds. The lowest BCUT2D eigenvalue weighted by molar-refractivity contribution is 0.158. The summed E-state index contributed by atoms with van der Waals surface area (Å²) in [5.74, 6) is 1.83. The Labute approximate surface area is 95.4 Å². The van der Waals surface area contributed by atoms with Crippen LogP contribution in [0.1, 0.15) is 39.5 Å². The van der Waals surface area contributed by atoms with E-state index in [1.807, 2.05) is 7.05 Å². The van der Waals surface area contributed by atoms with Crippen molar-refractivity contribution in [2.24, 2.45) is 11.8 Å². The Morgan fingerprint density at radius 1 is 1.40 bits per heavy atom. The van der Waals surface area contributed by atoms with E-state index in [0.29, 0.717) is 0 Å². The maximum absolute atomic E-state index is 3.22. The Bertz CT molecular complexity index is 157. The summed E-state index contributed by atoms with van der Waals surface area (Å²) in [7, 11) is 2.04. The molecule has 1 fully saturated rings. The van der Waals surface area contributed by atoms with E-state index in [2.05, 4.69) is 24.1 Å². The molecule has 1 aliphatic heterocycles. The fourth-order valence-corrected chi connectivity index (χ4v) is 2.69. The molecule has 1 atom stereocenters. The van der Waals surface area contributed by atoms with Crippen molar-refractivity contribution in [1.29, 1.82) is 0 Å². The SMILES string of the molecule is CNCCCN1CCCC(CC(C)C)C1. The molecule has 0 saturated carbocycles. The molecular formula is C13H28N2. The molecule has 2 nitrogen and oxygen atoms in total. The monoisotopic (exact) mass is 212 g/mol. The van der Waals surface area contributed by atoms with Crippen molar-refractivity contribution in [3.8, 4) is 0 Å². The molecule has 0 aromatic carbocycles. The fraction of sp³-hybridized carbons (Fsp3) is 1.00. The number of hydrogen-bond acceptors (Lipinski definition) is 2. The molecule has 0 aromatic rings. The molecule has 0 bridgehead atoms. The van der Waals surface area contributed by atoms with Crippen LogP contribution in [0.5, 0.6) is 0 Å². The van der Waals surface area contributed by atoms with Crippen molar-refractivity contribution < 1.29 is 0 Å². The topological polar surface area (TPSA) is 15.3 Å². The second-order valence-corrected chi connectivity index (χ2v) is 5.40. The predicted molar refractivity (Wildman–Crippen MR) is 67.2 cm³/mol. The Balaban J connectivity index is 2.17. The first-order valence-corrected chi connectivity index (χ1v) is 6.59. The zero-order valence-electron chi connectivity index (χ0n) is 10.8. The van der Waals surface area contributed by atoms with Crippen LogP contribution in [-0.4, -0.2) is 38.1 Å². The van der Waals surface area contributed by atoms with Gasteiger partial charge in [-0.15, -0.1) is 0 Å². The van der Waals surface area contributed by atoms with Crippen molar-refractivity contribution in [1.82, 2.24) is 10.2 Å². The molecular weight excluding hydrogens is 184 g/mol. The van der Waals surface area contributed by atoms with Gasteiger partial charge in [0.05, 0.1) is 0 Å². The van der Waals surface area contributed by atoms with Gasteiger partial charge in [0.15, 0.2) is 0 Å². The summed E-state index contributed by atoms with van der Waals surface area (Å²) in [6, 6.07) is 0. The third-order valence-electron chi connectivity index (χ3n) is 3.31. The number of piperidine rings is 1. The van der Waals surface area contributed by atoms with Crippen molar-refractivity contribution in [3.63, 3.8) is 0 Å². The van der Waals surface area contributed by atoms with Crippen LogP contribution in [0.3, 0.4) is 0 Å². The van der Waals surface area contributed by atoms with Gasteiger partial charge in [-0.05, 0) is 64.2 Å². The van der Waals surface area contributed by atoms with Gasteiger partial charge in [-0.3, -0.25) is 0 Å². The second-order valence-electron chi connectivity index (χ2n) is 5.40. The minimum Gasteiger partial charge on any atom is -0.320 e. The maximum Gasteiger partial charge on any atom is 0.000977 e. The predicted octanol–water partition coefficient (Wildman–Crippen LogP) is 2.35. The summed E-state index contributed by atoms with van der Waals surface area (Å²) in [5, 5.41) is 3.22. The molecule has 1 N–H and O–H groups in total. The molecule has 1 saturated heterocycles. The van der Waals surface area contributed by atoms with Gasteiger partial charge in [0.2, 0.25) is 0 Å². The molecule has 15 heavy (non-hydrogen) atoms. The number of nitrogens with zero attached hydrogens (tertiary/aromatic N) is 1. The van der Waals surface area contributed by atoms with Crippen LogP contribution in [-0.2, 0) is 0 Å². The Kier molecular flexibility index (Phi) is 6.26. The minimum absolute atomic E-state index is 0.868. The van der Waals surface area contributed by atoms with E-state index < -0.39 is 0 Å². The summed E-state index contributed by atoms with van der Waals surface area (Å²) in [5.41, 5.74) is 0. The molecule has 0 radical (unpaired) electrons. The van der Waals surface area contributed by atoms with Crippen molar-refractivity contribution in [2.75, 3.05) is 33.2 Å². The van der Waals surface area contributed by atoms with E-state index in [4.69, 9.17) is 0 Å². The molecule has 1 rings (SSSR count). The van der Waals surface area contributed by atoms with Crippen LogP contribution in [0, 0.1) is 11.8 Å². The zero-order valence-corrected chi connectivity index (χ0v) is 10.8. The van der Waals surface area contributed by atoms with Crippen LogP contribution in [0.15, 0.2) is 0 Å². The smallest absolute Gasteiger partial charge is 0.000977 e. The van der Waals surface area contributed by atoms with Gasteiger partial charge in [-0.25, -0.2) is 0 Å². The summed E-state index contributed by atoms with van der Waals surface area (Å²) in [4.78, 5) is 2.66. The average Bonchev–Trinajstić information content (AvgIpc) is 2.18. The molecule has 1 aliphatic rings. The number of hydrogen-bond donors (Lipinski definition) is 1. The highest BCUT2D eigenvalue weighted by Crippen LogP contribution is 2.22. The lowest BCUT2D eigenvalue weighted by atomic mass is 9.90. The van der Waals surface area contributed by atoms with Gasteiger partial charge in [-0.2, -0.15) is 0 Å². The molecule has 0 aromatic heterocycles. The second kappa shape index (κ2) is 7.24. The van der Waals surface area contributed by atoms with E-state index in [9.17, 15) is 0 Å². The largest absolute Gasteiger partial charge is 0.320 e. The quantitative estimate of drug-likeness (QED) is 0.680. The Morgan fingerprint density at radius 3 is 2.87 bits per heavy atom. The number of nitrogens with one attached hydrogen (secondary N) is 1. The van der Waals surface area contributed by atoms with Crippen LogP contribution in [0.4, 0.5) is 0 Å². The summed E-state index contributed by atoms with van der Waals surface area (Å²) >= 11 is 0. The van der Waals surface area contributed by atoms with Gasteiger partial charge >= 0.3 is 0 Å². The highest BCUT2D eigenvalue weighted by molar-refractivity contribution is 4.73. The summed E-state index contributed by atoms with van der Waals surface area (Å²) in [6.07, 6.45) is 5.59. The first kappa shape index (κ1) is 13.0. The van der Waals surface area contributed by atoms with Gasteiger partial charge in [0.1, 0.15) is 0 Å². The van der Waals surface area contributed by atoms with E-state index in [1.165, 1.54) is 45.3 Å². The van der Waals surface area contributed by atoms with Crippen LogP contribution in [0.25, 0.3) is 0 Å².